The van der Waals surface area contributed by atoms with Crippen molar-refractivity contribution in [2.24, 2.45) is 11.7 Å². The second kappa shape index (κ2) is 4.63. The molecule has 0 aliphatic heterocycles. The van der Waals surface area contributed by atoms with E-state index in [1.807, 2.05) is 11.3 Å². The molecule has 1 rings (SSSR count). The van der Waals surface area contributed by atoms with Gasteiger partial charge in [-0.25, -0.2) is 0 Å². The molecule has 68 valence electrons. The maximum atomic E-state index is 5.48. The molecule has 2 N–H and O–H groups in total. The lowest BCUT2D eigenvalue weighted by Gasteiger charge is -1.99. The zero-order valence-corrected chi connectivity index (χ0v) is 8.66. The zero-order chi connectivity index (χ0) is 8.97. The van der Waals surface area contributed by atoms with E-state index in [4.69, 9.17) is 5.73 Å². The number of thiophene rings is 1. The van der Waals surface area contributed by atoms with Gasteiger partial charge < -0.3 is 5.73 Å². The van der Waals surface area contributed by atoms with E-state index in [-0.39, 0.29) is 0 Å². The molecule has 0 unspecified atom stereocenters. The van der Waals surface area contributed by atoms with Crippen molar-refractivity contribution in [1.82, 2.24) is 0 Å². The standard InChI is InChI=1S/C10H17NS/c1-8(2)7-10-4-3-9(12-10)5-6-11/h3-4,8H,5-7,11H2,1-2H3. The average Bonchev–Trinajstić information content (AvgIpc) is 2.36. The Bertz CT molecular complexity index is 227. The highest BCUT2D eigenvalue weighted by Crippen LogP contribution is 2.19. The molecule has 1 aromatic rings. The van der Waals surface area contributed by atoms with Crippen LogP contribution in [0.25, 0.3) is 0 Å². The van der Waals surface area contributed by atoms with Crippen LogP contribution >= 0.6 is 11.3 Å². The molecule has 0 aliphatic rings. The van der Waals surface area contributed by atoms with Crippen molar-refractivity contribution in [1.29, 1.82) is 0 Å². The number of nitrogens with two attached hydrogens (primary N) is 1. The van der Waals surface area contributed by atoms with Crippen molar-refractivity contribution in [3.05, 3.63) is 21.9 Å². The highest BCUT2D eigenvalue weighted by atomic mass is 32.1. The van der Waals surface area contributed by atoms with Crippen LogP contribution in [0.15, 0.2) is 12.1 Å². The molecule has 0 bridgehead atoms. The van der Waals surface area contributed by atoms with Crippen molar-refractivity contribution in [2.45, 2.75) is 26.7 Å². The first-order valence-corrected chi connectivity index (χ1v) is 5.31. The van der Waals surface area contributed by atoms with Gasteiger partial charge in [0.2, 0.25) is 0 Å². The van der Waals surface area contributed by atoms with Crippen LogP contribution in [0.3, 0.4) is 0 Å². The van der Waals surface area contributed by atoms with Crippen molar-refractivity contribution in [3.63, 3.8) is 0 Å². The van der Waals surface area contributed by atoms with E-state index in [9.17, 15) is 0 Å². The van der Waals surface area contributed by atoms with Crippen LogP contribution in [-0.2, 0) is 12.8 Å². The van der Waals surface area contributed by atoms with Gasteiger partial charge in [0, 0.05) is 9.75 Å². The van der Waals surface area contributed by atoms with E-state index >= 15 is 0 Å². The summed E-state index contributed by atoms with van der Waals surface area (Å²) in [6.07, 6.45) is 2.23. The maximum absolute atomic E-state index is 5.48. The number of hydrogen-bond donors (Lipinski definition) is 1. The van der Waals surface area contributed by atoms with Crippen LogP contribution in [0, 0.1) is 5.92 Å². The lowest BCUT2D eigenvalue weighted by atomic mass is 10.1. The van der Waals surface area contributed by atoms with E-state index in [0.29, 0.717) is 0 Å². The summed E-state index contributed by atoms with van der Waals surface area (Å²) in [5.74, 6) is 0.759. The van der Waals surface area contributed by atoms with Crippen LogP contribution in [0.2, 0.25) is 0 Å². The lowest BCUT2D eigenvalue weighted by molar-refractivity contribution is 0.654. The van der Waals surface area contributed by atoms with Crippen LogP contribution in [-0.4, -0.2) is 6.54 Å². The van der Waals surface area contributed by atoms with Crippen molar-refractivity contribution >= 4 is 11.3 Å². The van der Waals surface area contributed by atoms with E-state index < -0.39 is 0 Å². The molecule has 0 amide bonds. The van der Waals surface area contributed by atoms with Gasteiger partial charge in [-0.1, -0.05) is 13.8 Å². The van der Waals surface area contributed by atoms with Crippen LogP contribution < -0.4 is 5.73 Å². The Morgan fingerprint density at radius 1 is 1.33 bits per heavy atom. The average molecular weight is 183 g/mol. The summed E-state index contributed by atoms with van der Waals surface area (Å²) in [5, 5.41) is 0. The Hall–Kier alpha value is -0.340. The Morgan fingerprint density at radius 2 is 2.00 bits per heavy atom. The number of rotatable bonds is 4. The predicted octanol–water partition coefficient (Wildman–Crippen LogP) is 2.45. The molecule has 1 heterocycles. The van der Waals surface area contributed by atoms with E-state index in [0.717, 1.165) is 18.9 Å². The normalized spacial score (nSPS) is 11.0. The van der Waals surface area contributed by atoms with Gasteiger partial charge in [-0.2, -0.15) is 0 Å². The lowest BCUT2D eigenvalue weighted by Crippen LogP contribution is -2.00. The van der Waals surface area contributed by atoms with Crippen LogP contribution in [0.1, 0.15) is 23.6 Å². The quantitative estimate of drug-likeness (QED) is 0.762. The summed E-state index contributed by atoms with van der Waals surface area (Å²) in [6, 6.07) is 4.44. The molecule has 0 spiro atoms. The van der Waals surface area contributed by atoms with Gasteiger partial charge in [-0.05, 0) is 37.4 Å². The van der Waals surface area contributed by atoms with Gasteiger partial charge in [0.1, 0.15) is 0 Å². The molecule has 0 aliphatic carbocycles. The minimum atomic E-state index is 0.759. The Kier molecular flexibility index (Phi) is 3.76. The van der Waals surface area contributed by atoms with Gasteiger partial charge in [0.15, 0.2) is 0 Å². The third kappa shape index (κ3) is 2.95. The fraction of sp³-hybridized carbons (Fsp3) is 0.600. The predicted molar refractivity (Wildman–Crippen MR) is 55.6 cm³/mol. The Balaban J connectivity index is 2.52. The first kappa shape index (κ1) is 9.75. The molecular formula is C10H17NS. The van der Waals surface area contributed by atoms with Gasteiger partial charge in [0.25, 0.3) is 0 Å². The monoisotopic (exact) mass is 183 g/mol. The van der Waals surface area contributed by atoms with E-state index in [1.54, 1.807) is 0 Å². The van der Waals surface area contributed by atoms with Gasteiger partial charge >= 0.3 is 0 Å². The smallest absolute Gasteiger partial charge is 0.00607 e. The minimum absolute atomic E-state index is 0.759. The molecule has 2 heteroatoms. The van der Waals surface area contributed by atoms with Crippen LogP contribution in [0.4, 0.5) is 0 Å². The molecule has 0 fully saturated rings. The second-order valence-corrected chi connectivity index (χ2v) is 4.76. The zero-order valence-electron chi connectivity index (χ0n) is 7.84. The fourth-order valence-corrected chi connectivity index (χ4v) is 2.46. The van der Waals surface area contributed by atoms with Gasteiger partial charge in [0.05, 0.1) is 0 Å². The second-order valence-electron chi connectivity index (χ2n) is 3.50. The third-order valence-electron chi connectivity index (χ3n) is 1.72. The number of hydrogen-bond acceptors (Lipinski definition) is 2. The Morgan fingerprint density at radius 3 is 2.58 bits per heavy atom. The summed E-state index contributed by atoms with van der Waals surface area (Å²) in [7, 11) is 0. The fourth-order valence-electron chi connectivity index (χ4n) is 1.21. The topological polar surface area (TPSA) is 26.0 Å². The van der Waals surface area contributed by atoms with E-state index in [1.165, 1.54) is 16.2 Å². The highest BCUT2D eigenvalue weighted by molar-refractivity contribution is 7.11. The van der Waals surface area contributed by atoms with E-state index in [2.05, 4.69) is 26.0 Å². The molecule has 0 radical (unpaired) electrons. The van der Waals surface area contributed by atoms with Crippen LogP contribution in [0.5, 0.6) is 0 Å². The third-order valence-corrected chi connectivity index (χ3v) is 2.88. The molecule has 0 aromatic carbocycles. The van der Waals surface area contributed by atoms with Crippen molar-refractivity contribution < 1.29 is 0 Å². The molecule has 12 heavy (non-hydrogen) atoms. The SMILES string of the molecule is CC(C)Cc1ccc(CCN)s1. The summed E-state index contributed by atoms with van der Waals surface area (Å²) in [4.78, 5) is 2.92. The summed E-state index contributed by atoms with van der Waals surface area (Å²) in [5.41, 5.74) is 5.48. The Labute approximate surface area is 78.6 Å². The van der Waals surface area contributed by atoms with Gasteiger partial charge in [-0.15, -0.1) is 11.3 Å². The molecule has 0 atom stereocenters. The summed E-state index contributed by atoms with van der Waals surface area (Å²) in [6.45, 7) is 5.27. The molecule has 1 aromatic heterocycles. The van der Waals surface area contributed by atoms with Gasteiger partial charge in [-0.3, -0.25) is 0 Å². The largest absolute Gasteiger partial charge is 0.330 e. The maximum Gasteiger partial charge on any atom is 0.00607 e. The first-order valence-electron chi connectivity index (χ1n) is 4.50. The summed E-state index contributed by atoms with van der Waals surface area (Å²) >= 11 is 1.91. The molecule has 0 saturated carbocycles. The molecule has 1 nitrogen and oxygen atoms in total. The highest BCUT2D eigenvalue weighted by Gasteiger charge is 2.01. The minimum Gasteiger partial charge on any atom is -0.330 e. The first-order chi connectivity index (χ1) is 5.72. The van der Waals surface area contributed by atoms with Crippen molar-refractivity contribution in [3.8, 4) is 0 Å². The summed E-state index contributed by atoms with van der Waals surface area (Å²) < 4.78 is 0. The molecule has 0 saturated heterocycles. The van der Waals surface area contributed by atoms with Crippen molar-refractivity contribution in [2.75, 3.05) is 6.54 Å². The molecular weight excluding hydrogens is 166 g/mol.